The van der Waals surface area contributed by atoms with Crippen molar-refractivity contribution in [3.8, 4) is 5.75 Å². The van der Waals surface area contributed by atoms with Crippen LogP contribution >= 0.6 is 11.6 Å². The summed E-state index contributed by atoms with van der Waals surface area (Å²) in [6, 6.07) is 6.64. The van der Waals surface area contributed by atoms with E-state index in [0.29, 0.717) is 12.6 Å². The highest BCUT2D eigenvalue weighted by Gasteiger charge is 2.06. The summed E-state index contributed by atoms with van der Waals surface area (Å²) < 4.78 is 5.58. The Morgan fingerprint density at radius 1 is 1.47 bits per heavy atom. The molecule has 0 saturated heterocycles. The quantitative estimate of drug-likeness (QED) is 0.833. The van der Waals surface area contributed by atoms with E-state index in [1.165, 1.54) is 11.1 Å². The van der Waals surface area contributed by atoms with Gasteiger partial charge in [-0.2, -0.15) is 0 Å². The molecule has 3 heteroatoms. The predicted molar refractivity (Wildman–Crippen MR) is 73.8 cm³/mol. The first kappa shape index (κ1) is 14.1. The minimum absolute atomic E-state index is 0.371. The Bertz CT molecular complexity index is 376. The Hall–Kier alpha value is -0.990. The van der Waals surface area contributed by atoms with Crippen LogP contribution < -0.4 is 10.1 Å². The third-order valence-electron chi connectivity index (χ3n) is 2.63. The summed E-state index contributed by atoms with van der Waals surface area (Å²) in [6.07, 6.45) is 1.77. The molecule has 0 bridgehead atoms. The molecular weight excluding hydrogens is 234 g/mol. The van der Waals surface area contributed by atoms with Gasteiger partial charge in [-0.25, -0.2) is 0 Å². The second kappa shape index (κ2) is 7.36. The standard InChI is InChI=1S/C14H20ClNO/c1-4-16-12(3)13-6-7-14(11(2)10-13)17-9-5-8-15/h5-8,10,12,16H,4,9H2,1-3H3/b8-5+. The van der Waals surface area contributed by atoms with Crippen LogP contribution in [0.2, 0.25) is 0 Å². The average molecular weight is 254 g/mol. The lowest BCUT2D eigenvalue weighted by molar-refractivity contribution is 0.360. The van der Waals surface area contributed by atoms with Crippen molar-refractivity contribution in [2.24, 2.45) is 0 Å². The van der Waals surface area contributed by atoms with Gasteiger partial charge in [-0.15, -0.1) is 0 Å². The molecule has 0 fully saturated rings. The van der Waals surface area contributed by atoms with Gasteiger partial charge in [-0.05, 0) is 43.7 Å². The molecule has 0 amide bonds. The van der Waals surface area contributed by atoms with Crippen molar-refractivity contribution >= 4 is 11.6 Å². The van der Waals surface area contributed by atoms with Gasteiger partial charge in [-0.3, -0.25) is 0 Å². The van der Waals surface area contributed by atoms with Crippen LogP contribution in [0.25, 0.3) is 0 Å². The average Bonchev–Trinajstić information content (AvgIpc) is 2.31. The number of rotatable bonds is 6. The van der Waals surface area contributed by atoms with Gasteiger partial charge in [0.05, 0.1) is 0 Å². The number of ether oxygens (including phenoxy) is 1. The summed E-state index contributed by atoms with van der Waals surface area (Å²) in [5, 5.41) is 3.39. The lowest BCUT2D eigenvalue weighted by Crippen LogP contribution is -2.17. The molecule has 1 unspecified atom stereocenters. The number of aryl methyl sites for hydroxylation is 1. The van der Waals surface area contributed by atoms with E-state index < -0.39 is 0 Å². The van der Waals surface area contributed by atoms with Gasteiger partial charge >= 0.3 is 0 Å². The van der Waals surface area contributed by atoms with Crippen molar-refractivity contribution in [1.82, 2.24) is 5.32 Å². The molecule has 94 valence electrons. The molecule has 1 aromatic carbocycles. The van der Waals surface area contributed by atoms with E-state index in [2.05, 4.69) is 38.2 Å². The van der Waals surface area contributed by atoms with Crippen LogP contribution in [0.5, 0.6) is 5.75 Å². The van der Waals surface area contributed by atoms with Crippen molar-refractivity contribution in [1.29, 1.82) is 0 Å². The SMILES string of the molecule is CCNC(C)c1ccc(OC/C=C/Cl)c(C)c1. The van der Waals surface area contributed by atoms with Gasteiger partial charge in [0.1, 0.15) is 12.4 Å². The second-order valence-electron chi connectivity index (χ2n) is 3.98. The van der Waals surface area contributed by atoms with E-state index in [9.17, 15) is 0 Å². The minimum Gasteiger partial charge on any atom is -0.489 e. The number of nitrogens with one attached hydrogen (secondary N) is 1. The molecule has 0 aliphatic heterocycles. The lowest BCUT2D eigenvalue weighted by atomic mass is 10.1. The highest BCUT2D eigenvalue weighted by Crippen LogP contribution is 2.22. The molecule has 0 aromatic heterocycles. The molecule has 2 nitrogen and oxygen atoms in total. The highest BCUT2D eigenvalue weighted by molar-refractivity contribution is 6.25. The van der Waals surface area contributed by atoms with E-state index >= 15 is 0 Å². The van der Waals surface area contributed by atoms with Crippen molar-refractivity contribution < 1.29 is 4.74 Å². The van der Waals surface area contributed by atoms with E-state index in [4.69, 9.17) is 16.3 Å². The topological polar surface area (TPSA) is 21.3 Å². The monoisotopic (exact) mass is 253 g/mol. The summed E-state index contributed by atoms with van der Waals surface area (Å²) in [6.45, 7) is 7.81. The molecule has 1 N–H and O–H groups in total. The molecule has 0 aliphatic carbocycles. The van der Waals surface area contributed by atoms with Crippen molar-refractivity contribution in [3.05, 3.63) is 40.9 Å². The normalized spacial score (nSPS) is 12.9. The lowest BCUT2D eigenvalue weighted by Gasteiger charge is -2.15. The van der Waals surface area contributed by atoms with Crippen molar-refractivity contribution in [2.45, 2.75) is 26.8 Å². The molecule has 0 aliphatic rings. The zero-order chi connectivity index (χ0) is 12.7. The van der Waals surface area contributed by atoms with Crippen molar-refractivity contribution in [3.63, 3.8) is 0 Å². The second-order valence-corrected chi connectivity index (χ2v) is 4.23. The van der Waals surface area contributed by atoms with Gasteiger partial charge in [0.15, 0.2) is 0 Å². The van der Waals surface area contributed by atoms with Crippen LogP contribution in [0.4, 0.5) is 0 Å². The molecule has 0 saturated carbocycles. The molecule has 0 heterocycles. The number of hydrogen-bond donors (Lipinski definition) is 1. The van der Waals surface area contributed by atoms with Gasteiger partial charge in [-0.1, -0.05) is 30.7 Å². The Labute approximate surface area is 109 Å². The zero-order valence-corrected chi connectivity index (χ0v) is 11.4. The highest BCUT2D eigenvalue weighted by atomic mass is 35.5. The maximum absolute atomic E-state index is 5.58. The fourth-order valence-electron chi connectivity index (χ4n) is 1.70. The first-order valence-corrected chi connectivity index (χ1v) is 6.34. The smallest absolute Gasteiger partial charge is 0.122 e. The fraction of sp³-hybridized carbons (Fsp3) is 0.429. The minimum atomic E-state index is 0.371. The van der Waals surface area contributed by atoms with Crippen LogP contribution in [0, 0.1) is 6.92 Å². The maximum atomic E-state index is 5.58. The van der Waals surface area contributed by atoms with Crippen LogP contribution in [0.1, 0.15) is 31.0 Å². The van der Waals surface area contributed by atoms with Crippen molar-refractivity contribution in [2.75, 3.05) is 13.2 Å². The predicted octanol–water partition coefficient (Wildman–Crippen LogP) is 3.80. The Balaban J connectivity index is 2.71. The first-order chi connectivity index (χ1) is 8.19. The molecule has 17 heavy (non-hydrogen) atoms. The van der Waals surface area contributed by atoms with Crippen LogP contribution in [0.15, 0.2) is 29.8 Å². The zero-order valence-electron chi connectivity index (χ0n) is 10.7. The Morgan fingerprint density at radius 3 is 2.82 bits per heavy atom. The Morgan fingerprint density at radius 2 is 2.24 bits per heavy atom. The van der Waals surface area contributed by atoms with Crippen LogP contribution in [-0.2, 0) is 0 Å². The summed E-state index contributed by atoms with van der Waals surface area (Å²) in [4.78, 5) is 0. The van der Waals surface area contributed by atoms with Gasteiger partial charge in [0.2, 0.25) is 0 Å². The third-order valence-corrected chi connectivity index (χ3v) is 2.81. The molecular formula is C14H20ClNO. The molecule has 0 radical (unpaired) electrons. The third kappa shape index (κ3) is 4.41. The summed E-state index contributed by atoms with van der Waals surface area (Å²) >= 11 is 5.44. The summed E-state index contributed by atoms with van der Waals surface area (Å²) in [5.41, 5.74) is 3.90. The molecule has 1 aromatic rings. The van der Waals surface area contributed by atoms with E-state index in [-0.39, 0.29) is 0 Å². The van der Waals surface area contributed by atoms with Gasteiger partial charge in [0.25, 0.3) is 0 Å². The largest absolute Gasteiger partial charge is 0.489 e. The maximum Gasteiger partial charge on any atom is 0.122 e. The number of hydrogen-bond acceptors (Lipinski definition) is 2. The Kier molecular flexibility index (Phi) is 6.09. The summed E-state index contributed by atoms with van der Waals surface area (Å²) in [5.74, 6) is 0.909. The number of halogens is 1. The first-order valence-electron chi connectivity index (χ1n) is 5.91. The van der Waals surface area contributed by atoms with Gasteiger partial charge in [0, 0.05) is 11.6 Å². The molecule has 1 rings (SSSR count). The van der Waals surface area contributed by atoms with E-state index in [1.807, 2.05) is 6.07 Å². The van der Waals surface area contributed by atoms with Crippen LogP contribution in [-0.4, -0.2) is 13.2 Å². The van der Waals surface area contributed by atoms with Gasteiger partial charge < -0.3 is 10.1 Å². The van der Waals surface area contributed by atoms with E-state index in [1.54, 1.807) is 6.08 Å². The van der Waals surface area contributed by atoms with Crippen LogP contribution in [0.3, 0.4) is 0 Å². The van der Waals surface area contributed by atoms with E-state index in [0.717, 1.165) is 17.9 Å². The number of benzene rings is 1. The molecule has 1 atom stereocenters. The fourth-order valence-corrected chi connectivity index (χ4v) is 1.77. The molecule has 0 spiro atoms. The summed E-state index contributed by atoms with van der Waals surface area (Å²) in [7, 11) is 0.